The summed E-state index contributed by atoms with van der Waals surface area (Å²) in [7, 11) is 0. The summed E-state index contributed by atoms with van der Waals surface area (Å²) in [4.78, 5) is 0.967. The lowest BCUT2D eigenvalue weighted by molar-refractivity contribution is 0.0848. The molecule has 5 N–H and O–H groups in total. The van der Waals surface area contributed by atoms with E-state index < -0.39 is 10.8 Å². The van der Waals surface area contributed by atoms with Crippen LogP contribution in [0.3, 0.4) is 0 Å². The van der Waals surface area contributed by atoms with Crippen LogP contribution in [0.5, 0.6) is 0 Å². The Bertz CT molecular complexity index is 423. The monoisotopic (exact) mass is 393 g/mol. The van der Waals surface area contributed by atoms with Gasteiger partial charge >= 0.3 is 0 Å². The molecule has 1 aromatic rings. The largest absolute Gasteiger partial charge is 0.396 e. The van der Waals surface area contributed by atoms with Crippen LogP contribution in [-0.2, 0) is 0 Å². The minimum Gasteiger partial charge on any atom is -0.396 e. The molecule has 1 rings (SSSR count). The summed E-state index contributed by atoms with van der Waals surface area (Å²) < 4.78 is 0. The molecule has 0 aromatic heterocycles. The minimum absolute atomic E-state index is 0.132. The van der Waals surface area contributed by atoms with Crippen molar-refractivity contribution < 1.29 is 20.4 Å². The average molecular weight is 394 g/mol. The van der Waals surface area contributed by atoms with E-state index in [4.69, 9.17) is 0 Å². The Labute approximate surface area is 158 Å². The lowest BCUT2D eigenvalue weighted by Crippen LogP contribution is -2.39. The van der Waals surface area contributed by atoms with Gasteiger partial charge in [0.25, 0.3) is 0 Å². The van der Waals surface area contributed by atoms with Crippen molar-refractivity contribution in [1.82, 2.24) is 0 Å². The predicted molar refractivity (Wildman–Crippen MR) is 107 cm³/mol. The molecule has 0 radical (unpaired) electrons. The maximum atomic E-state index is 9.53. The zero-order valence-electron chi connectivity index (χ0n) is 13.6. The summed E-state index contributed by atoms with van der Waals surface area (Å²) in [5.41, 5.74) is -0.447. The van der Waals surface area contributed by atoms with E-state index in [0.29, 0.717) is 23.8 Å². The summed E-state index contributed by atoms with van der Waals surface area (Å²) in [6.45, 7) is -0.195. The van der Waals surface area contributed by atoms with Gasteiger partial charge in [-0.1, -0.05) is 12.1 Å². The molecule has 0 heterocycles. The lowest BCUT2D eigenvalue weighted by Gasteiger charge is -2.30. The predicted octanol–water partition coefficient (Wildman–Crippen LogP) is 0.992. The number of thiol groups is 2. The van der Waals surface area contributed by atoms with Crippen molar-refractivity contribution in [2.45, 2.75) is 4.90 Å². The van der Waals surface area contributed by atoms with Crippen LogP contribution in [0, 0.1) is 10.8 Å². The Morgan fingerprint density at radius 3 is 1.92 bits per heavy atom. The van der Waals surface area contributed by atoms with E-state index in [-0.39, 0.29) is 26.4 Å². The second-order valence-electron chi connectivity index (χ2n) is 6.09. The Morgan fingerprint density at radius 1 is 0.875 bits per heavy atom. The number of hydrogen-bond acceptors (Lipinski definition) is 8. The van der Waals surface area contributed by atoms with Crippen molar-refractivity contribution in [3.05, 3.63) is 24.3 Å². The molecule has 0 aliphatic heterocycles. The van der Waals surface area contributed by atoms with Gasteiger partial charge in [0.05, 0.1) is 26.4 Å². The Kier molecular flexibility index (Phi) is 9.88. The topological polar surface area (TPSA) is 93.0 Å². The highest BCUT2D eigenvalue weighted by molar-refractivity contribution is 7.99. The third kappa shape index (κ3) is 5.72. The molecule has 0 fully saturated rings. The molecule has 0 unspecified atom stereocenters. The molecule has 0 spiro atoms. The van der Waals surface area contributed by atoms with Gasteiger partial charge in [0.1, 0.15) is 0 Å². The smallest absolute Gasteiger partial charge is 0.0534 e. The lowest BCUT2D eigenvalue weighted by atomic mass is 9.92. The highest BCUT2D eigenvalue weighted by Gasteiger charge is 2.29. The summed E-state index contributed by atoms with van der Waals surface area (Å²) in [5, 5.41) is 41.3. The quantitative estimate of drug-likeness (QED) is 0.212. The van der Waals surface area contributed by atoms with Gasteiger partial charge in [0.15, 0.2) is 0 Å². The number of benzene rings is 1. The second-order valence-corrected chi connectivity index (χ2v) is 7.74. The molecule has 8 heteroatoms. The third-order valence-corrected chi connectivity index (χ3v) is 6.85. The number of thioether (sulfide) groups is 1. The molecular weight excluding hydrogens is 366 g/mol. The maximum absolute atomic E-state index is 9.53. The molecule has 138 valence electrons. The van der Waals surface area contributed by atoms with Crippen LogP contribution in [0.1, 0.15) is 0 Å². The molecule has 0 amide bonds. The van der Waals surface area contributed by atoms with E-state index >= 15 is 0 Å². The zero-order valence-corrected chi connectivity index (χ0v) is 16.2. The van der Waals surface area contributed by atoms with Crippen LogP contribution in [0.15, 0.2) is 29.2 Å². The number of aliphatic hydroxyl groups excluding tert-OH is 4. The fourth-order valence-corrected chi connectivity index (χ4v) is 3.85. The molecule has 0 bridgehead atoms. The van der Waals surface area contributed by atoms with Gasteiger partial charge in [0.2, 0.25) is 0 Å². The normalized spacial score (nSPS) is 12.4. The van der Waals surface area contributed by atoms with Gasteiger partial charge in [0, 0.05) is 45.2 Å². The average Bonchev–Trinajstić information content (AvgIpc) is 2.66. The van der Waals surface area contributed by atoms with E-state index in [1.54, 1.807) is 0 Å². The van der Waals surface area contributed by atoms with Crippen LogP contribution in [0.4, 0.5) is 5.69 Å². The van der Waals surface area contributed by atoms with Crippen molar-refractivity contribution >= 4 is 42.7 Å². The Hall–Kier alpha value is -0.0900. The minimum atomic E-state index is -0.689. The summed E-state index contributed by atoms with van der Waals surface area (Å²) in [5.74, 6) is 1.28. The summed E-state index contributed by atoms with van der Waals surface area (Å²) in [6, 6.07) is 7.68. The van der Waals surface area contributed by atoms with Crippen molar-refractivity contribution in [2.75, 3.05) is 55.5 Å². The Morgan fingerprint density at radius 2 is 1.42 bits per heavy atom. The van der Waals surface area contributed by atoms with Gasteiger partial charge < -0.3 is 25.7 Å². The Balaban J connectivity index is 2.81. The SMILES string of the molecule is OCC(CO)(CS)CNc1ccccc1SCC(CO)(CO)CS. The van der Waals surface area contributed by atoms with Crippen LogP contribution in [0.25, 0.3) is 0 Å². The molecular formula is C16H27NO4S3. The first kappa shape index (κ1) is 22.0. The molecule has 5 nitrogen and oxygen atoms in total. The van der Waals surface area contributed by atoms with E-state index in [1.807, 2.05) is 24.3 Å². The first-order valence-electron chi connectivity index (χ1n) is 7.65. The van der Waals surface area contributed by atoms with Crippen molar-refractivity contribution in [1.29, 1.82) is 0 Å². The van der Waals surface area contributed by atoms with Gasteiger partial charge in [-0.15, -0.1) is 11.8 Å². The van der Waals surface area contributed by atoms with E-state index in [2.05, 4.69) is 30.6 Å². The number of rotatable bonds is 12. The molecule has 0 saturated carbocycles. The van der Waals surface area contributed by atoms with Gasteiger partial charge in [-0.05, 0) is 12.1 Å². The van der Waals surface area contributed by atoms with Gasteiger partial charge in [-0.25, -0.2) is 0 Å². The molecule has 0 aliphatic carbocycles. The van der Waals surface area contributed by atoms with Crippen LogP contribution in [0.2, 0.25) is 0 Å². The standard InChI is InChI=1S/C16H27NO4S3/c18-6-15(7-19,10-22)5-17-13-3-1-2-4-14(13)24-12-16(8-20,9-21)11-23/h1-4,17-23H,5-12H2. The highest BCUT2D eigenvalue weighted by Crippen LogP contribution is 2.33. The third-order valence-electron chi connectivity index (χ3n) is 4.09. The van der Waals surface area contributed by atoms with E-state index in [1.165, 1.54) is 11.8 Å². The van der Waals surface area contributed by atoms with Crippen molar-refractivity contribution in [3.63, 3.8) is 0 Å². The van der Waals surface area contributed by atoms with Crippen molar-refractivity contribution in [2.24, 2.45) is 10.8 Å². The van der Waals surface area contributed by atoms with Gasteiger partial charge in [-0.2, -0.15) is 25.3 Å². The number of hydrogen-bond donors (Lipinski definition) is 7. The molecule has 0 atom stereocenters. The number of para-hydroxylation sites is 1. The summed E-state index contributed by atoms with van der Waals surface area (Å²) in [6.07, 6.45) is 0. The van der Waals surface area contributed by atoms with Gasteiger partial charge in [-0.3, -0.25) is 0 Å². The first-order valence-corrected chi connectivity index (χ1v) is 9.90. The maximum Gasteiger partial charge on any atom is 0.0534 e. The molecule has 24 heavy (non-hydrogen) atoms. The zero-order chi connectivity index (χ0) is 18.1. The van der Waals surface area contributed by atoms with Crippen LogP contribution in [-0.4, -0.2) is 70.7 Å². The fraction of sp³-hybridized carbons (Fsp3) is 0.625. The number of aliphatic hydroxyl groups is 4. The van der Waals surface area contributed by atoms with Crippen LogP contribution >= 0.6 is 37.0 Å². The van der Waals surface area contributed by atoms with Crippen molar-refractivity contribution in [3.8, 4) is 0 Å². The summed E-state index contributed by atoms with van der Waals surface area (Å²) >= 11 is 9.98. The van der Waals surface area contributed by atoms with E-state index in [9.17, 15) is 20.4 Å². The molecule has 1 aromatic carbocycles. The fourth-order valence-electron chi connectivity index (χ4n) is 1.86. The molecule has 0 saturated heterocycles. The number of nitrogens with one attached hydrogen (secondary N) is 1. The first-order chi connectivity index (χ1) is 11.5. The van der Waals surface area contributed by atoms with E-state index in [0.717, 1.165) is 10.6 Å². The number of anilines is 1. The van der Waals surface area contributed by atoms with Crippen LogP contribution < -0.4 is 5.32 Å². The molecule has 0 aliphatic rings. The second kappa shape index (κ2) is 10.8. The highest BCUT2D eigenvalue weighted by atomic mass is 32.2.